The fourth-order valence-electron chi connectivity index (χ4n) is 1.70. The average Bonchev–Trinajstić information content (AvgIpc) is 2.10. The second-order valence-electron chi connectivity index (χ2n) is 4.18. The molecule has 5 heteroatoms. The molecule has 0 saturated heterocycles. The van der Waals surface area contributed by atoms with E-state index in [1.165, 1.54) is 0 Å². The fourth-order valence-corrected chi connectivity index (χ4v) is 1.70. The van der Waals surface area contributed by atoms with E-state index in [0.29, 0.717) is 12.4 Å². The topological polar surface area (TPSA) is 84.1 Å². The van der Waals surface area contributed by atoms with Gasteiger partial charge in [0, 0.05) is 18.3 Å². The molecule has 0 spiro atoms. The average molecular weight is 208 g/mol. The van der Waals surface area contributed by atoms with Gasteiger partial charge in [0.1, 0.15) is 5.82 Å². The quantitative estimate of drug-likeness (QED) is 0.680. The zero-order chi connectivity index (χ0) is 10.9. The SMILES string of the molecule is Cc1cc(NCC2(O)CCC2)nc(N)n1. The van der Waals surface area contributed by atoms with E-state index in [4.69, 9.17) is 5.73 Å². The molecule has 15 heavy (non-hydrogen) atoms. The van der Waals surface area contributed by atoms with Gasteiger partial charge in [-0.05, 0) is 26.2 Å². The van der Waals surface area contributed by atoms with E-state index in [1.54, 1.807) is 0 Å². The summed E-state index contributed by atoms with van der Waals surface area (Å²) >= 11 is 0. The number of hydrogen-bond acceptors (Lipinski definition) is 5. The van der Waals surface area contributed by atoms with Gasteiger partial charge >= 0.3 is 0 Å². The lowest BCUT2D eigenvalue weighted by Crippen LogP contribution is -2.43. The Balaban J connectivity index is 1.98. The molecule has 82 valence electrons. The largest absolute Gasteiger partial charge is 0.388 e. The van der Waals surface area contributed by atoms with Crippen LogP contribution in [-0.2, 0) is 0 Å². The van der Waals surface area contributed by atoms with Crippen LogP contribution in [0.4, 0.5) is 11.8 Å². The number of nitrogen functional groups attached to an aromatic ring is 1. The summed E-state index contributed by atoms with van der Waals surface area (Å²) in [6, 6.07) is 1.82. The summed E-state index contributed by atoms with van der Waals surface area (Å²) in [6.07, 6.45) is 2.82. The van der Waals surface area contributed by atoms with Crippen molar-refractivity contribution in [2.24, 2.45) is 0 Å². The Morgan fingerprint density at radius 1 is 1.53 bits per heavy atom. The van der Waals surface area contributed by atoms with Gasteiger partial charge in [-0.25, -0.2) is 4.98 Å². The molecular weight excluding hydrogens is 192 g/mol. The van der Waals surface area contributed by atoms with Crippen LogP contribution >= 0.6 is 0 Å². The van der Waals surface area contributed by atoms with Crippen LogP contribution in [0.5, 0.6) is 0 Å². The number of aryl methyl sites for hydroxylation is 1. The number of nitrogens with one attached hydrogen (secondary N) is 1. The van der Waals surface area contributed by atoms with Crippen molar-refractivity contribution in [3.05, 3.63) is 11.8 Å². The second-order valence-corrected chi connectivity index (χ2v) is 4.18. The van der Waals surface area contributed by atoms with Crippen LogP contribution in [0, 0.1) is 6.92 Å². The van der Waals surface area contributed by atoms with Crippen LogP contribution < -0.4 is 11.1 Å². The van der Waals surface area contributed by atoms with Gasteiger partial charge in [-0.1, -0.05) is 0 Å². The molecule has 0 radical (unpaired) electrons. The van der Waals surface area contributed by atoms with Gasteiger partial charge in [0.2, 0.25) is 5.95 Å². The Morgan fingerprint density at radius 3 is 2.80 bits per heavy atom. The Morgan fingerprint density at radius 2 is 2.27 bits per heavy atom. The van der Waals surface area contributed by atoms with Crippen LogP contribution in [-0.4, -0.2) is 27.2 Å². The van der Waals surface area contributed by atoms with Crippen molar-refractivity contribution >= 4 is 11.8 Å². The summed E-state index contributed by atoms with van der Waals surface area (Å²) in [5, 5.41) is 13.0. The highest BCUT2D eigenvalue weighted by molar-refractivity contribution is 5.40. The van der Waals surface area contributed by atoms with Crippen LogP contribution in [0.15, 0.2) is 6.07 Å². The summed E-state index contributed by atoms with van der Waals surface area (Å²) in [5.74, 6) is 0.943. The Labute approximate surface area is 88.7 Å². The summed E-state index contributed by atoms with van der Waals surface area (Å²) in [5.41, 5.74) is 5.80. The van der Waals surface area contributed by atoms with Crippen molar-refractivity contribution in [3.63, 3.8) is 0 Å². The van der Waals surface area contributed by atoms with Crippen molar-refractivity contribution in [2.45, 2.75) is 31.8 Å². The molecule has 1 aliphatic rings. The normalized spacial score (nSPS) is 18.3. The molecule has 1 aliphatic carbocycles. The minimum atomic E-state index is -0.548. The summed E-state index contributed by atoms with van der Waals surface area (Å²) in [6.45, 7) is 2.39. The lowest BCUT2D eigenvalue weighted by Gasteiger charge is -2.36. The zero-order valence-electron chi connectivity index (χ0n) is 8.82. The molecule has 0 aromatic carbocycles. The van der Waals surface area contributed by atoms with Gasteiger partial charge in [0.25, 0.3) is 0 Å². The molecule has 2 rings (SSSR count). The highest BCUT2D eigenvalue weighted by Crippen LogP contribution is 2.31. The van der Waals surface area contributed by atoms with Crippen LogP contribution in [0.2, 0.25) is 0 Å². The number of nitrogens with zero attached hydrogens (tertiary/aromatic N) is 2. The van der Waals surface area contributed by atoms with Crippen LogP contribution in [0.1, 0.15) is 25.0 Å². The van der Waals surface area contributed by atoms with E-state index in [2.05, 4.69) is 15.3 Å². The third-order valence-corrected chi connectivity index (χ3v) is 2.75. The second kappa shape index (κ2) is 3.66. The molecule has 1 fully saturated rings. The van der Waals surface area contributed by atoms with E-state index in [9.17, 15) is 5.11 Å². The first-order chi connectivity index (χ1) is 7.07. The minimum absolute atomic E-state index is 0.262. The summed E-state index contributed by atoms with van der Waals surface area (Å²) < 4.78 is 0. The van der Waals surface area contributed by atoms with Crippen LogP contribution in [0.25, 0.3) is 0 Å². The van der Waals surface area contributed by atoms with Crippen molar-refractivity contribution in [1.29, 1.82) is 0 Å². The Bertz CT molecular complexity index is 342. The number of aromatic nitrogens is 2. The standard InChI is InChI=1S/C10H16N4O/c1-7-5-8(14-9(11)13-7)12-6-10(15)3-2-4-10/h5,15H,2-4,6H2,1H3,(H3,11,12,13,14). The number of hydrogen-bond donors (Lipinski definition) is 3. The lowest BCUT2D eigenvalue weighted by atomic mass is 9.80. The molecule has 0 aliphatic heterocycles. The first kappa shape index (κ1) is 10.2. The van der Waals surface area contributed by atoms with Crippen molar-refractivity contribution in [2.75, 3.05) is 17.6 Å². The van der Waals surface area contributed by atoms with Gasteiger partial charge in [-0.15, -0.1) is 0 Å². The molecule has 4 N–H and O–H groups in total. The van der Waals surface area contributed by atoms with Crippen molar-refractivity contribution in [3.8, 4) is 0 Å². The number of rotatable bonds is 3. The van der Waals surface area contributed by atoms with E-state index in [0.717, 1.165) is 25.0 Å². The number of aliphatic hydroxyl groups is 1. The molecule has 0 atom stereocenters. The van der Waals surface area contributed by atoms with Gasteiger partial charge in [-0.2, -0.15) is 4.98 Å². The third-order valence-electron chi connectivity index (χ3n) is 2.75. The predicted octanol–water partition coefficient (Wildman–Crippen LogP) is 0.694. The highest BCUT2D eigenvalue weighted by Gasteiger charge is 2.33. The molecule has 5 nitrogen and oxygen atoms in total. The monoisotopic (exact) mass is 208 g/mol. The molecular formula is C10H16N4O. The van der Waals surface area contributed by atoms with Gasteiger partial charge in [0.15, 0.2) is 0 Å². The number of nitrogens with two attached hydrogens (primary N) is 1. The van der Waals surface area contributed by atoms with E-state index in [-0.39, 0.29) is 5.95 Å². The van der Waals surface area contributed by atoms with Gasteiger partial charge in [0.05, 0.1) is 5.60 Å². The lowest BCUT2D eigenvalue weighted by molar-refractivity contribution is -0.0202. The van der Waals surface area contributed by atoms with Crippen LogP contribution in [0.3, 0.4) is 0 Å². The molecule has 0 unspecified atom stereocenters. The first-order valence-electron chi connectivity index (χ1n) is 5.15. The minimum Gasteiger partial charge on any atom is -0.388 e. The smallest absolute Gasteiger partial charge is 0.222 e. The number of anilines is 2. The van der Waals surface area contributed by atoms with Gasteiger partial charge < -0.3 is 16.2 Å². The maximum absolute atomic E-state index is 9.87. The highest BCUT2D eigenvalue weighted by atomic mass is 16.3. The Kier molecular flexibility index (Phi) is 2.48. The maximum atomic E-state index is 9.87. The van der Waals surface area contributed by atoms with E-state index in [1.807, 2.05) is 13.0 Å². The van der Waals surface area contributed by atoms with Crippen molar-refractivity contribution < 1.29 is 5.11 Å². The maximum Gasteiger partial charge on any atom is 0.222 e. The molecule has 0 bridgehead atoms. The Hall–Kier alpha value is -1.36. The summed E-state index contributed by atoms with van der Waals surface area (Å²) in [7, 11) is 0. The fraction of sp³-hybridized carbons (Fsp3) is 0.600. The zero-order valence-corrected chi connectivity index (χ0v) is 8.82. The van der Waals surface area contributed by atoms with Gasteiger partial charge in [-0.3, -0.25) is 0 Å². The van der Waals surface area contributed by atoms with E-state index < -0.39 is 5.60 Å². The molecule has 1 saturated carbocycles. The summed E-state index contributed by atoms with van der Waals surface area (Å²) in [4.78, 5) is 8.02. The van der Waals surface area contributed by atoms with E-state index >= 15 is 0 Å². The molecule has 1 aromatic heterocycles. The molecule has 0 amide bonds. The predicted molar refractivity (Wildman–Crippen MR) is 58.5 cm³/mol. The third kappa shape index (κ3) is 2.36. The molecule has 1 aromatic rings. The first-order valence-corrected chi connectivity index (χ1v) is 5.15. The van der Waals surface area contributed by atoms with Crippen molar-refractivity contribution in [1.82, 2.24) is 9.97 Å². The molecule has 1 heterocycles.